The SMILES string of the molecule is CC(C)c1ccc(NC(=O)c2cc3ccc(-c4nccc(Nc5ccc6[nH]ncc6c5)n4)cc3[nH]2)cn1. The first-order chi connectivity index (χ1) is 18.0. The summed E-state index contributed by atoms with van der Waals surface area (Å²) in [5.74, 6) is 1.36. The molecule has 6 aromatic rings. The van der Waals surface area contributed by atoms with Gasteiger partial charge in [-0.15, -0.1) is 0 Å². The monoisotopic (exact) mass is 488 g/mol. The zero-order chi connectivity index (χ0) is 25.4. The van der Waals surface area contributed by atoms with Gasteiger partial charge in [0.2, 0.25) is 0 Å². The maximum absolute atomic E-state index is 12.8. The van der Waals surface area contributed by atoms with E-state index in [1.54, 1.807) is 18.6 Å². The summed E-state index contributed by atoms with van der Waals surface area (Å²) in [4.78, 5) is 29.6. The molecule has 0 aliphatic carbocycles. The van der Waals surface area contributed by atoms with Crippen LogP contribution in [0.15, 0.2) is 79.3 Å². The number of carbonyl (C=O) groups excluding carboxylic acids is 1. The van der Waals surface area contributed by atoms with Crippen LogP contribution in [0.5, 0.6) is 0 Å². The molecule has 0 unspecified atom stereocenters. The first kappa shape index (κ1) is 22.4. The molecular weight excluding hydrogens is 464 g/mol. The number of benzene rings is 2. The van der Waals surface area contributed by atoms with E-state index in [0.717, 1.165) is 38.8 Å². The third-order valence-electron chi connectivity index (χ3n) is 6.13. The Morgan fingerprint density at radius 2 is 1.76 bits per heavy atom. The van der Waals surface area contributed by atoms with Gasteiger partial charge in [-0.3, -0.25) is 14.9 Å². The maximum atomic E-state index is 12.8. The number of rotatable bonds is 6. The van der Waals surface area contributed by atoms with E-state index in [1.165, 1.54) is 0 Å². The van der Waals surface area contributed by atoms with Crippen molar-refractivity contribution in [3.05, 3.63) is 90.6 Å². The number of aromatic nitrogens is 6. The molecule has 9 heteroatoms. The van der Waals surface area contributed by atoms with Gasteiger partial charge in [0, 0.05) is 39.4 Å². The number of aromatic amines is 2. The van der Waals surface area contributed by atoms with Crippen LogP contribution < -0.4 is 10.6 Å². The number of fused-ring (bicyclic) bond motifs is 2. The average molecular weight is 489 g/mol. The zero-order valence-corrected chi connectivity index (χ0v) is 20.3. The van der Waals surface area contributed by atoms with Gasteiger partial charge in [0.15, 0.2) is 5.82 Å². The first-order valence-corrected chi connectivity index (χ1v) is 12.0. The van der Waals surface area contributed by atoms with E-state index in [0.29, 0.717) is 28.9 Å². The van der Waals surface area contributed by atoms with Gasteiger partial charge in [-0.1, -0.05) is 26.0 Å². The van der Waals surface area contributed by atoms with E-state index in [4.69, 9.17) is 0 Å². The lowest BCUT2D eigenvalue weighted by atomic mass is 10.1. The van der Waals surface area contributed by atoms with Crippen LogP contribution in [-0.2, 0) is 0 Å². The van der Waals surface area contributed by atoms with Gasteiger partial charge in [0.1, 0.15) is 11.5 Å². The minimum Gasteiger partial charge on any atom is -0.350 e. The highest BCUT2D eigenvalue weighted by Crippen LogP contribution is 2.25. The summed E-state index contributed by atoms with van der Waals surface area (Å²) < 4.78 is 0. The second-order valence-electron chi connectivity index (χ2n) is 9.13. The van der Waals surface area contributed by atoms with Crippen molar-refractivity contribution in [1.82, 2.24) is 30.1 Å². The molecule has 4 N–H and O–H groups in total. The molecule has 182 valence electrons. The maximum Gasteiger partial charge on any atom is 0.272 e. The zero-order valence-electron chi connectivity index (χ0n) is 20.3. The lowest BCUT2D eigenvalue weighted by molar-refractivity contribution is 0.102. The Kier molecular flexibility index (Phi) is 5.57. The third kappa shape index (κ3) is 4.62. The average Bonchev–Trinajstić information content (AvgIpc) is 3.55. The predicted octanol–water partition coefficient (Wildman–Crippen LogP) is 6.02. The molecular formula is C28H24N8O. The van der Waals surface area contributed by atoms with Crippen LogP contribution in [0.2, 0.25) is 0 Å². The molecule has 0 atom stereocenters. The first-order valence-electron chi connectivity index (χ1n) is 12.0. The lowest BCUT2D eigenvalue weighted by Crippen LogP contribution is -2.12. The van der Waals surface area contributed by atoms with E-state index in [-0.39, 0.29) is 5.91 Å². The summed E-state index contributed by atoms with van der Waals surface area (Å²) >= 11 is 0. The van der Waals surface area contributed by atoms with Crippen LogP contribution in [0.25, 0.3) is 33.2 Å². The van der Waals surface area contributed by atoms with E-state index in [9.17, 15) is 4.79 Å². The molecule has 4 heterocycles. The van der Waals surface area contributed by atoms with Gasteiger partial charge in [-0.25, -0.2) is 9.97 Å². The molecule has 0 saturated heterocycles. The Bertz CT molecular complexity index is 1730. The van der Waals surface area contributed by atoms with Crippen molar-refractivity contribution in [3.8, 4) is 11.4 Å². The fourth-order valence-electron chi connectivity index (χ4n) is 4.14. The highest BCUT2D eigenvalue weighted by molar-refractivity contribution is 6.06. The van der Waals surface area contributed by atoms with Crippen molar-refractivity contribution >= 4 is 44.9 Å². The number of hydrogen-bond acceptors (Lipinski definition) is 6. The molecule has 1 amide bonds. The smallest absolute Gasteiger partial charge is 0.272 e. The summed E-state index contributed by atoms with van der Waals surface area (Å²) in [6, 6.07) is 19.2. The van der Waals surface area contributed by atoms with Crippen LogP contribution in [0, 0.1) is 0 Å². The summed E-state index contributed by atoms with van der Waals surface area (Å²) in [6.07, 6.45) is 5.18. The van der Waals surface area contributed by atoms with E-state index < -0.39 is 0 Å². The van der Waals surface area contributed by atoms with Crippen molar-refractivity contribution in [2.24, 2.45) is 0 Å². The van der Waals surface area contributed by atoms with Gasteiger partial charge < -0.3 is 15.6 Å². The van der Waals surface area contributed by atoms with Crippen LogP contribution >= 0.6 is 0 Å². The van der Waals surface area contributed by atoms with Crippen LogP contribution in [0.4, 0.5) is 17.2 Å². The highest BCUT2D eigenvalue weighted by Gasteiger charge is 2.12. The molecule has 2 aromatic carbocycles. The molecule has 0 aliphatic rings. The van der Waals surface area contributed by atoms with E-state index >= 15 is 0 Å². The minimum absolute atomic E-state index is 0.228. The number of nitrogens with one attached hydrogen (secondary N) is 4. The Balaban J connectivity index is 1.21. The standard InChI is InChI=1S/C28H24N8O/c1-16(2)22-7-6-21(15-30-22)33-28(37)25-12-17-3-4-18(13-24(17)34-25)27-29-10-9-26(35-27)32-20-5-8-23-19(11-20)14-31-36-23/h3-16,34H,1-2H3,(H,31,36)(H,33,37)(H,29,32,35). The molecule has 0 bridgehead atoms. The second kappa shape index (κ2) is 9.19. The van der Waals surface area contributed by atoms with Crippen molar-refractivity contribution in [2.45, 2.75) is 19.8 Å². The van der Waals surface area contributed by atoms with Crippen LogP contribution in [0.1, 0.15) is 35.9 Å². The quantitative estimate of drug-likeness (QED) is 0.227. The molecule has 37 heavy (non-hydrogen) atoms. The molecule has 0 aliphatic heterocycles. The number of pyridine rings is 1. The van der Waals surface area contributed by atoms with Crippen molar-refractivity contribution in [2.75, 3.05) is 10.6 Å². The fraction of sp³-hybridized carbons (Fsp3) is 0.107. The normalized spacial score (nSPS) is 11.3. The van der Waals surface area contributed by atoms with Crippen molar-refractivity contribution < 1.29 is 4.79 Å². The van der Waals surface area contributed by atoms with E-state index in [1.807, 2.05) is 60.7 Å². The summed E-state index contributed by atoms with van der Waals surface area (Å²) in [7, 11) is 0. The number of amides is 1. The van der Waals surface area contributed by atoms with Crippen LogP contribution in [0.3, 0.4) is 0 Å². The molecule has 0 fully saturated rings. The van der Waals surface area contributed by atoms with Gasteiger partial charge in [-0.05, 0) is 54.4 Å². The lowest BCUT2D eigenvalue weighted by Gasteiger charge is -2.07. The Labute approximate surface area is 212 Å². The van der Waals surface area contributed by atoms with Crippen molar-refractivity contribution in [3.63, 3.8) is 0 Å². The number of carbonyl (C=O) groups is 1. The van der Waals surface area contributed by atoms with Crippen LogP contribution in [-0.4, -0.2) is 36.0 Å². The summed E-state index contributed by atoms with van der Waals surface area (Å²) in [5, 5.41) is 15.2. The van der Waals surface area contributed by atoms with Gasteiger partial charge in [0.25, 0.3) is 5.91 Å². The molecule has 9 nitrogen and oxygen atoms in total. The number of nitrogens with zero attached hydrogens (tertiary/aromatic N) is 4. The topological polar surface area (TPSA) is 124 Å². The summed E-state index contributed by atoms with van der Waals surface area (Å²) in [6.45, 7) is 4.16. The van der Waals surface area contributed by atoms with E-state index in [2.05, 4.69) is 54.6 Å². The molecule has 0 radical (unpaired) electrons. The Morgan fingerprint density at radius 1 is 0.865 bits per heavy atom. The fourth-order valence-corrected chi connectivity index (χ4v) is 4.14. The number of hydrogen-bond donors (Lipinski definition) is 4. The summed E-state index contributed by atoms with van der Waals surface area (Å²) in [5.41, 5.74) is 5.64. The number of H-pyrrole nitrogens is 2. The number of anilines is 3. The predicted molar refractivity (Wildman–Crippen MR) is 145 cm³/mol. The highest BCUT2D eigenvalue weighted by atomic mass is 16.1. The third-order valence-corrected chi connectivity index (χ3v) is 6.13. The second-order valence-corrected chi connectivity index (χ2v) is 9.13. The Morgan fingerprint density at radius 3 is 2.59 bits per heavy atom. The molecule has 4 aromatic heterocycles. The molecule has 0 spiro atoms. The van der Waals surface area contributed by atoms with Crippen molar-refractivity contribution in [1.29, 1.82) is 0 Å². The largest absolute Gasteiger partial charge is 0.350 e. The van der Waals surface area contributed by atoms with Gasteiger partial charge >= 0.3 is 0 Å². The molecule has 6 rings (SSSR count). The molecule has 0 saturated carbocycles. The van der Waals surface area contributed by atoms with Gasteiger partial charge in [0.05, 0.1) is 23.6 Å². The minimum atomic E-state index is -0.228. The Hall–Kier alpha value is -5.05. The van der Waals surface area contributed by atoms with Gasteiger partial charge in [-0.2, -0.15) is 5.10 Å².